The van der Waals surface area contributed by atoms with E-state index in [9.17, 15) is 19.2 Å². The number of benzene rings is 1. The second kappa shape index (κ2) is 8.63. The van der Waals surface area contributed by atoms with Crippen LogP contribution in [0.5, 0.6) is 0 Å². The van der Waals surface area contributed by atoms with Crippen LogP contribution in [-0.4, -0.2) is 59.7 Å². The molecule has 29 heavy (non-hydrogen) atoms. The molecular weight excluding hydrogens is 372 g/mol. The highest BCUT2D eigenvalue weighted by molar-refractivity contribution is 6.10. The van der Waals surface area contributed by atoms with Crippen molar-refractivity contribution >= 4 is 29.4 Å². The zero-order valence-electron chi connectivity index (χ0n) is 17.0. The molecule has 3 rings (SSSR count). The first kappa shape index (κ1) is 20.8. The molecule has 2 N–H and O–H groups in total. The van der Waals surface area contributed by atoms with Gasteiger partial charge in [-0.05, 0) is 37.1 Å². The maximum atomic E-state index is 12.9. The first-order valence-electron chi connectivity index (χ1n) is 10.1. The van der Waals surface area contributed by atoms with Gasteiger partial charge in [0, 0.05) is 25.3 Å². The molecule has 8 nitrogen and oxygen atoms in total. The fourth-order valence-electron chi connectivity index (χ4n) is 3.97. The van der Waals surface area contributed by atoms with E-state index in [1.54, 1.807) is 38.4 Å². The van der Waals surface area contributed by atoms with Crippen molar-refractivity contribution in [1.82, 2.24) is 15.1 Å². The fourth-order valence-corrected chi connectivity index (χ4v) is 3.97. The lowest BCUT2D eigenvalue weighted by atomic mass is 9.84. The molecule has 1 aliphatic heterocycles. The van der Waals surface area contributed by atoms with Crippen LogP contribution in [0.4, 0.5) is 10.5 Å². The van der Waals surface area contributed by atoms with Crippen molar-refractivity contribution < 1.29 is 19.2 Å². The number of nitrogens with zero attached hydrogens (tertiary/aromatic N) is 2. The zero-order valence-corrected chi connectivity index (χ0v) is 17.0. The fraction of sp³-hybridized carbons (Fsp3) is 0.524. The molecular formula is C21H28N4O4. The topological polar surface area (TPSA) is 98.8 Å². The van der Waals surface area contributed by atoms with Crippen LogP contribution in [0.25, 0.3) is 0 Å². The molecule has 0 atom stereocenters. The van der Waals surface area contributed by atoms with Gasteiger partial charge in [-0.25, -0.2) is 4.79 Å². The molecule has 1 heterocycles. The van der Waals surface area contributed by atoms with Crippen LogP contribution >= 0.6 is 0 Å². The number of anilines is 1. The van der Waals surface area contributed by atoms with E-state index >= 15 is 0 Å². The largest absolute Gasteiger partial charge is 0.345 e. The Morgan fingerprint density at radius 3 is 2.21 bits per heavy atom. The molecule has 8 heteroatoms. The number of rotatable bonds is 4. The first-order chi connectivity index (χ1) is 13.8. The highest BCUT2D eigenvalue weighted by Crippen LogP contribution is 2.32. The third-order valence-corrected chi connectivity index (χ3v) is 5.58. The second-order valence-corrected chi connectivity index (χ2v) is 8.00. The summed E-state index contributed by atoms with van der Waals surface area (Å²) in [7, 11) is 3.33. The van der Waals surface area contributed by atoms with Gasteiger partial charge in [0.2, 0.25) is 5.91 Å². The minimum Gasteiger partial charge on any atom is -0.345 e. The van der Waals surface area contributed by atoms with Gasteiger partial charge < -0.3 is 15.5 Å². The summed E-state index contributed by atoms with van der Waals surface area (Å²) >= 11 is 0. The van der Waals surface area contributed by atoms with Gasteiger partial charge in [-0.1, -0.05) is 32.1 Å². The third kappa shape index (κ3) is 4.58. The zero-order chi connectivity index (χ0) is 21.0. The Balaban J connectivity index is 1.62. The van der Waals surface area contributed by atoms with Crippen molar-refractivity contribution in [2.24, 2.45) is 0 Å². The van der Waals surface area contributed by atoms with E-state index in [1.165, 1.54) is 4.90 Å². The number of carbonyl (C=O) groups is 4. The van der Waals surface area contributed by atoms with Crippen LogP contribution in [0.1, 0.15) is 55.3 Å². The van der Waals surface area contributed by atoms with Crippen LogP contribution in [0, 0.1) is 0 Å². The highest BCUT2D eigenvalue weighted by Gasteiger charge is 2.50. The maximum Gasteiger partial charge on any atom is 0.325 e. The van der Waals surface area contributed by atoms with Gasteiger partial charge >= 0.3 is 6.03 Å². The standard InChI is InChI=1S/C21H28N4O4/c1-24(2)18(27)15-8-10-16(11-9-15)22-17(26)14-25-19(28)21(23-20(25)29)12-6-4-3-5-7-13-21/h8-11H,3-7,12-14H2,1-2H3,(H,22,26)(H,23,29). The van der Waals surface area contributed by atoms with Crippen LogP contribution in [0.3, 0.4) is 0 Å². The monoisotopic (exact) mass is 400 g/mol. The normalized spacial score (nSPS) is 18.8. The molecule has 1 saturated heterocycles. The van der Waals surface area contributed by atoms with E-state index in [-0.39, 0.29) is 18.4 Å². The summed E-state index contributed by atoms with van der Waals surface area (Å²) in [6.07, 6.45) is 6.29. The molecule has 1 aromatic rings. The number of amides is 5. The Labute approximate surface area is 170 Å². The number of carbonyl (C=O) groups excluding carboxylic acids is 4. The summed E-state index contributed by atoms with van der Waals surface area (Å²) < 4.78 is 0. The van der Waals surface area contributed by atoms with Gasteiger partial charge in [-0.2, -0.15) is 0 Å². The van der Waals surface area contributed by atoms with Crippen LogP contribution in [-0.2, 0) is 9.59 Å². The molecule has 2 fully saturated rings. The summed E-state index contributed by atoms with van der Waals surface area (Å²) in [5.74, 6) is -0.888. The molecule has 1 aliphatic carbocycles. The van der Waals surface area contributed by atoms with E-state index in [1.807, 2.05) is 0 Å². The first-order valence-corrected chi connectivity index (χ1v) is 10.1. The van der Waals surface area contributed by atoms with Gasteiger partial charge in [0.15, 0.2) is 0 Å². The van der Waals surface area contributed by atoms with Gasteiger partial charge in [0.1, 0.15) is 12.1 Å². The van der Waals surface area contributed by atoms with E-state index in [2.05, 4.69) is 10.6 Å². The molecule has 0 bridgehead atoms. The van der Waals surface area contributed by atoms with Gasteiger partial charge in [-0.3, -0.25) is 19.3 Å². The maximum absolute atomic E-state index is 12.9. The van der Waals surface area contributed by atoms with Crippen molar-refractivity contribution in [3.8, 4) is 0 Å². The summed E-state index contributed by atoms with van der Waals surface area (Å²) in [6.45, 7) is -0.329. The Hall–Kier alpha value is -2.90. The quantitative estimate of drug-likeness (QED) is 0.758. The summed E-state index contributed by atoms with van der Waals surface area (Å²) in [6, 6.07) is 5.98. The molecule has 1 spiro atoms. The van der Waals surface area contributed by atoms with E-state index in [0.29, 0.717) is 24.1 Å². The van der Waals surface area contributed by atoms with Crippen molar-refractivity contribution in [2.75, 3.05) is 26.0 Å². The summed E-state index contributed by atoms with van der Waals surface area (Å²) in [5, 5.41) is 5.53. The SMILES string of the molecule is CN(C)C(=O)c1ccc(NC(=O)CN2C(=O)NC3(CCCCCCC3)C2=O)cc1. The summed E-state index contributed by atoms with van der Waals surface area (Å²) in [5.41, 5.74) is 0.151. The van der Waals surface area contributed by atoms with E-state index in [0.717, 1.165) is 37.0 Å². The third-order valence-electron chi connectivity index (χ3n) is 5.58. The summed E-state index contributed by atoms with van der Waals surface area (Å²) in [4.78, 5) is 52.2. The molecule has 0 radical (unpaired) electrons. The van der Waals surface area contributed by atoms with Crippen LogP contribution < -0.4 is 10.6 Å². The van der Waals surface area contributed by atoms with Crippen molar-refractivity contribution in [2.45, 2.75) is 50.5 Å². The Kier molecular flexibility index (Phi) is 6.20. The average molecular weight is 400 g/mol. The molecule has 2 aliphatic rings. The van der Waals surface area contributed by atoms with Crippen LogP contribution in [0.15, 0.2) is 24.3 Å². The minimum atomic E-state index is -0.855. The second-order valence-electron chi connectivity index (χ2n) is 8.00. The smallest absolute Gasteiger partial charge is 0.325 e. The molecule has 0 unspecified atom stereocenters. The molecule has 156 valence electrons. The number of urea groups is 1. The predicted octanol–water partition coefficient (Wildman–Crippen LogP) is 2.36. The lowest BCUT2D eigenvalue weighted by Gasteiger charge is -2.28. The van der Waals surface area contributed by atoms with Crippen molar-refractivity contribution in [3.05, 3.63) is 29.8 Å². The number of hydrogen-bond donors (Lipinski definition) is 2. The lowest BCUT2D eigenvalue weighted by molar-refractivity contribution is -0.134. The Morgan fingerprint density at radius 2 is 1.62 bits per heavy atom. The highest BCUT2D eigenvalue weighted by atomic mass is 16.2. The number of hydrogen-bond acceptors (Lipinski definition) is 4. The van der Waals surface area contributed by atoms with Crippen LogP contribution in [0.2, 0.25) is 0 Å². The van der Waals surface area contributed by atoms with E-state index in [4.69, 9.17) is 0 Å². The molecule has 1 aromatic carbocycles. The number of nitrogens with one attached hydrogen (secondary N) is 2. The molecule has 0 aromatic heterocycles. The van der Waals surface area contributed by atoms with Gasteiger partial charge in [-0.15, -0.1) is 0 Å². The minimum absolute atomic E-state index is 0.133. The molecule has 1 saturated carbocycles. The van der Waals surface area contributed by atoms with Crippen molar-refractivity contribution in [1.29, 1.82) is 0 Å². The van der Waals surface area contributed by atoms with Crippen molar-refractivity contribution in [3.63, 3.8) is 0 Å². The average Bonchev–Trinajstić information content (AvgIpc) is 2.89. The number of imide groups is 1. The molecule has 5 amide bonds. The predicted molar refractivity (Wildman–Crippen MR) is 108 cm³/mol. The van der Waals surface area contributed by atoms with Gasteiger partial charge in [0.25, 0.3) is 11.8 Å². The van der Waals surface area contributed by atoms with Gasteiger partial charge in [0.05, 0.1) is 0 Å². The Bertz CT molecular complexity index is 795. The Morgan fingerprint density at radius 1 is 1.03 bits per heavy atom. The van der Waals surface area contributed by atoms with E-state index < -0.39 is 17.5 Å². The lowest BCUT2D eigenvalue weighted by Crippen LogP contribution is -2.47.